The van der Waals surface area contributed by atoms with Gasteiger partial charge in [0.2, 0.25) is 0 Å². The standard InChI is InChI=1S/C28H36N2O3S/c1-20-9-11-24(34-20)8-3-4-16-30-17-14-22(26(19-30)28(31)32)7-5-6-21-13-15-29-27-12-10-23(33-2)18-25(21)27/h9-13,15,18,22,26H,3-8,14,16-17,19H2,1-2H3,(H,31,32)/t22-,26+/m1/s1. The van der Waals surface area contributed by atoms with Crippen LogP contribution in [0, 0.1) is 18.8 Å². The fourth-order valence-electron chi connectivity index (χ4n) is 5.23. The molecule has 2 atom stereocenters. The number of pyridine rings is 1. The summed E-state index contributed by atoms with van der Waals surface area (Å²) < 4.78 is 5.39. The third kappa shape index (κ3) is 6.36. The van der Waals surface area contributed by atoms with Gasteiger partial charge in [0.1, 0.15) is 5.75 Å². The number of unbranched alkanes of at least 4 members (excludes halogenated alkanes) is 1. The second-order valence-electron chi connectivity index (χ2n) is 9.51. The zero-order chi connectivity index (χ0) is 23.9. The second kappa shape index (κ2) is 11.8. The number of rotatable bonds is 11. The Bertz CT molecular complexity index is 1100. The quantitative estimate of drug-likeness (QED) is 0.342. The van der Waals surface area contributed by atoms with Crippen LogP contribution < -0.4 is 4.74 Å². The molecule has 1 aliphatic heterocycles. The van der Waals surface area contributed by atoms with Crippen LogP contribution in [0.4, 0.5) is 0 Å². The molecule has 6 heteroatoms. The number of carboxylic acid groups (broad SMARTS) is 1. The van der Waals surface area contributed by atoms with Crippen molar-refractivity contribution in [3.05, 3.63) is 57.9 Å². The number of benzene rings is 1. The molecular formula is C28H36N2O3S. The molecule has 0 bridgehead atoms. The smallest absolute Gasteiger partial charge is 0.308 e. The zero-order valence-electron chi connectivity index (χ0n) is 20.3. The van der Waals surface area contributed by atoms with Crippen molar-refractivity contribution in [3.63, 3.8) is 0 Å². The number of likely N-dealkylation sites (tertiary alicyclic amines) is 1. The Balaban J connectivity index is 1.26. The Kier molecular flexibility index (Phi) is 8.57. The van der Waals surface area contributed by atoms with Crippen LogP contribution in [0.3, 0.4) is 0 Å². The number of aliphatic carboxylic acids is 1. The van der Waals surface area contributed by atoms with Gasteiger partial charge in [-0.2, -0.15) is 0 Å². The van der Waals surface area contributed by atoms with Crippen LogP contribution >= 0.6 is 11.3 Å². The highest BCUT2D eigenvalue weighted by atomic mass is 32.1. The Hall–Kier alpha value is -2.44. The highest BCUT2D eigenvalue weighted by Crippen LogP contribution is 2.30. The minimum atomic E-state index is -0.636. The number of ether oxygens (including phenoxy) is 1. The number of methoxy groups -OCH3 is 1. The highest BCUT2D eigenvalue weighted by Gasteiger charge is 2.33. The van der Waals surface area contributed by atoms with Crippen molar-refractivity contribution in [2.75, 3.05) is 26.7 Å². The van der Waals surface area contributed by atoms with Gasteiger partial charge in [0.05, 0.1) is 18.5 Å². The first-order valence-corrected chi connectivity index (χ1v) is 13.3. The molecule has 0 saturated carbocycles. The average Bonchev–Trinajstić information content (AvgIpc) is 3.27. The van der Waals surface area contributed by atoms with Crippen molar-refractivity contribution in [3.8, 4) is 5.75 Å². The predicted octanol–water partition coefficient (Wildman–Crippen LogP) is 5.98. The van der Waals surface area contributed by atoms with Gasteiger partial charge in [-0.1, -0.05) is 0 Å². The van der Waals surface area contributed by atoms with E-state index in [-0.39, 0.29) is 11.8 Å². The maximum atomic E-state index is 12.1. The van der Waals surface area contributed by atoms with Crippen LogP contribution in [0.1, 0.15) is 47.4 Å². The van der Waals surface area contributed by atoms with Crippen LogP contribution in [0.25, 0.3) is 10.9 Å². The number of fused-ring (bicyclic) bond motifs is 1. The number of piperidine rings is 1. The van der Waals surface area contributed by atoms with E-state index in [2.05, 4.69) is 41.1 Å². The predicted molar refractivity (Wildman–Crippen MR) is 139 cm³/mol. The maximum Gasteiger partial charge on any atom is 0.308 e. The van der Waals surface area contributed by atoms with Crippen molar-refractivity contribution < 1.29 is 14.6 Å². The Morgan fingerprint density at radius 3 is 2.82 bits per heavy atom. The first kappa shape index (κ1) is 24.7. The van der Waals surface area contributed by atoms with E-state index in [1.54, 1.807) is 7.11 Å². The topological polar surface area (TPSA) is 62.7 Å². The SMILES string of the molecule is COc1ccc2nccc(CCC[C@@H]3CCN(CCCCc4ccc(C)s4)C[C@@H]3C(=O)O)c2c1. The molecule has 4 rings (SSSR count). The lowest BCUT2D eigenvalue weighted by Gasteiger charge is -2.36. The summed E-state index contributed by atoms with van der Waals surface area (Å²) in [6, 6.07) is 12.5. The fraction of sp³-hybridized carbons (Fsp3) is 0.500. The molecule has 1 N–H and O–H groups in total. The first-order valence-electron chi connectivity index (χ1n) is 12.5. The molecular weight excluding hydrogens is 444 g/mol. The Morgan fingerprint density at radius 1 is 1.18 bits per heavy atom. The molecule has 1 fully saturated rings. The molecule has 34 heavy (non-hydrogen) atoms. The second-order valence-corrected chi connectivity index (χ2v) is 10.9. The third-order valence-electron chi connectivity index (χ3n) is 7.16. The molecule has 182 valence electrons. The summed E-state index contributed by atoms with van der Waals surface area (Å²) >= 11 is 1.89. The molecule has 0 unspecified atom stereocenters. The molecule has 2 aromatic heterocycles. The lowest BCUT2D eigenvalue weighted by atomic mass is 9.81. The Labute approximate surface area is 206 Å². The first-order chi connectivity index (χ1) is 16.5. The van der Waals surface area contributed by atoms with Gasteiger partial charge in [0, 0.05) is 27.9 Å². The Morgan fingerprint density at radius 2 is 2.06 bits per heavy atom. The fourth-order valence-corrected chi connectivity index (χ4v) is 6.16. The van der Waals surface area contributed by atoms with E-state index >= 15 is 0 Å². The normalized spacial score (nSPS) is 18.9. The third-order valence-corrected chi connectivity index (χ3v) is 8.22. The number of aryl methyl sites for hydroxylation is 3. The molecule has 0 spiro atoms. The van der Waals surface area contributed by atoms with Gasteiger partial charge in [-0.15, -0.1) is 11.3 Å². The van der Waals surface area contributed by atoms with Crippen LogP contribution in [0.2, 0.25) is 0 Å². The van der Waals surface area contributed by atoms with Gasteiger partial charge in [-0.25, -0.2) is 0 Å². The van der Waals surface area contributed by atoms with Gasteiger partial charge < -0.3 is 14.7 Å². The molecule has 3 aromatic rings. The molecule has 0 aliphatic carbocycles. The van der Waals surface area contributed by atoms with E-state index < -0.39 is 5.97 Å². The summed E-state index contributed by atoms with van der Waals surface area (Å²) in [7, 11) is 1.68. The summed E-state index contributed by atoms with van der Waals surface area (Å²) in [6.07, 6.45) is 9.15. The number of carbonyl (C=O) groups is 1. The summed E-state index contributed by atoms with van der Waals surface area (Å²) in [5, 5.41) is 11.0. The van der Waals surface area contributed by atoms with E-state index in [4.69, 9.17) is 4.74 Å². The summed E-state index contributed by atoms with van der Waals surface area (Å²) in [6.45, 7) is 4.86. The van der Waals surface area contributed by atoms with Crippen molar-refractivity contribution in [1.82, 2.24) is 9.88 Å². The molecule has 0 amide bonds. The number of hydrogen-bond acceptors (Lipinski definition) is 5. The van der Waals surface area contributed by atoms with Crippen molar-refractivity contribution >= 4 is 28.2 Å². The lowest BCUT2D eigenvalue weighted by Crippen LogP contribution is -2.44. The van der Waals surface area contributed by atoms with E-state index in [0.717, 1.165) is 68.3 Å². The van der Waals surface area contributed by atoms with E-state index in [1.165, 1.54) is 21.7 Å². The minimum Gasteiger partial charge on any atom is -0.497 e. The van der Waals surface area contributed by atoms with Crippen molar-refractivity contribution in [2.24, 2.45) is 11.8 Å². The molecule has 1 aromatic carbocycles. The number of carboxylic acids is 1. The minimum absolute atomic E-state index is 0.255. The largest absolute Gasteiger partial charge is 0.497 e. The molecule has 1 saturated heterocycles. The van der Waals surface area contributed by atoms with Gasteiger partial charge in [0.15, 0.2) is 0 Å². The molecule has 0 radical (unpaired) electrons. The average molecular weight is 481 g/mol. The van der Waals surface area contributed by atoms with Crippen LogP contribution in [0.5, 0.6) is 5.75 Å². The monoisotopic (exact) mass is 480 g/mol. The van der Waals surface area contributed by atoms with E-state index in [1.807, 2.05) is 29.7 Å². The lowest BCUT2D eigenvalue weighted by molar-refractivity contribution is -0.146. The van der Waals surface area contributed by atoms with Gasteiger partial charge in [0.25, 0.3) is 0 Å². The van der Waals surface area contributed by atoms with Gasteiger partial charge in [-0.3, -0.25) is 9.78 Å². The van der Waals surface area contributed by atoms with Gasteiger partial charge in [-0.05, 0) is 113 Å². The zero-order valence-corrected chi connectivity index (χ0v) is 21.2. The maximum absolute atomic E-state index is 12.1. The summed E-state index contributed by atoms with van der Waals surface area (Å²) in [5.41, 5.74) is 2.23. The van der Waals surface area contributed by atoms with Crippen molar-refractivity contribution in [2.45, 2.75) is 51.9 Å². The van der Waals surface area contributed by atoms with E-state index in [0.29, 0.717) is 6.54 Å². The number of aromatic nitrogens is 1. The van der Waals surface area contributed by atoms with Crippen LogP contribution in [-0.4, -0.2) is 47.7 Å². The van der Waals surface area contributed by atoms with Crippen LogP contribution in [0.15, 0.2) is 42.6 Å². The molecule has 3 heterocycles. The summed E-state index contributed by atoms with van der Waals surface area (Å²) in [5.74, 6) is 0.196. The number of thiophene rings is 1. The number of nitrogens with zero attached hydrogens (tertiary/aromatic N) is 2. The van der Waals surface area contributed by atoms with Crippen LogP contribution in [-0.2, 0) is 17.6 Å². The van der Waals surface area contributed by atoms with Gasteiger partial charge >= 0.3 is 5.97 Å². The van der Waals surface area contributed by atoms with Crippen molar-refractivity contribution in [1.29, 1.82) is 0 Å². The van der Waals surface area contributed by atoms with E-state index in [9.17, 15) is 9.90 Å². The molecule has 1 aliphatic rings. The number of hydrogen-bond donors (Lipinski definition) is 1. The highest BCUT2D eigenvalue weighted by molar-refractivity contribution is 7.11. The summed E-state index contributed by atoms with van der Waals surface area (Å²) in [4.78, 5) is 21.7. The molecule has 5 nitrogen and oxygen atoms in total.